The van der Waals surface area contributed by atoms with E-state index in [2.05, 4.69) is 16.8 Å². The first kappa shape index (κ1) is 16.2. The van der Waals surface area contributed by atoms with E-state index in [1.807, 2.05) is 25.9 Å². The molecule has 0 radical (unpaired) electrons. The van der Waals surface area contributed by atoms with Crippen LogP contribution in [0.2, 0.25) is 0 Å². The summed E-state index contributed by atoms with van der Waals surface area (Å²) in [5.74, 6) is -0.295. The molecule has 0 amide bonds. The van der Waals surface area contributed by atoms with Gasteiger partial charge in [0.25, 0.3) is 0 Å². The summed E-state index contributed by atoms with van der Waals surface area (Å²) in [6.45, 7) is 5.76. The number of hydrogen-bond donors (Lipinski definition) is 3. The number of aliphatic carboxylic acids is 1. The minimum atomic E-state index is -0.832. The first-order valence-electron chi connectivity index (χ1n) is 6.36. The Morgan fingerprint density at radius 1 is 1.67 bits per heavy atom. The number of hydrogen-bond acceptors (Lipinski definition) is 6. The van der Waals surface area contributed by atoms with Crippen molar-refractivity contribution in [3.05, 3.63) is 29.7 Å². The molecule has 0 unspecified atom stereocenters. The van der Waals surface area contributed by atoms with E-state index >= 15 is 0 Å². The third kappa shape index (κ3) is 4.15. The molecule has 0 saturated carbocycles. The van der Waals surface area contributed by atoms with E-state index in [4.69, 9.17) is 10.8 Å². The average molecular weight is 319 g/mol. The molecule has 2 atom stereocenters. The van der Waals surface area contributed by atoms with Gasteiger partial charge in [0.15, 0.2) is 0 Å². The predicted octanol–water partition coefficient (Wildman–Crippen LogP) is 1.06. The minimum absolute atomic E-state index is 0.0890. The number of carbonyl (C=O) groups is 1. The zero-order valence-electron chi connectivity index (χ0n) is 11.6. The number of anilines is 1. The Balaban J connectivity index is 2.06. The molecule has 108 valence electrons. The quantitative estimate of drug-likeness (QED) is 0.427. The van der Waals surface area contributed by atoms with Crippen molar-refractivity contribution in [3.63, 3.8) is 0 Å². The van der Waals surface area contributed by atoms with E-state index in [1.54, 1.807) is 18.7 Å². The van der Waals surface area contributed by atoms with Crippen molar-refractivity contribution in [2.75, 3.05) is 11.5 Å². The Morgan fingerprint density at radius 2 is 2.43 bits per heavy atom. The van der Waals surface area contributed by atoms with Crippen LogP contribution in [-0.2, 0) is 4.79 Å². The van der Waals surface area contributed by atoms with Crippen molar-refractivity contribution >= 4 is 55.6 Å². The van der Waals surface area contributed by atoms with Gasteiger partial charge in [0, 0.05) is 0 Å². The molecule has 1 aromatic rings. The van der Waals surface area contributed by atoms with Gasteiger partial charge >= 0.3 is 133 Å². The van der Waals surface area contributed by atoms with Crippen LogP contribution in [0.5, 0.6) is 0 Å². The number of carboxylic acid groups (broad SMARTS) is 1. The molecule has 0 aromatic heterocycles. The Kier molecular flexibility index (Phi) is 5.55. The van der Waals surface area contributed by atoms with Crippen LogP contribution in [0.4, 0.5) is 11.4 Å². The number of nitrogen functional groups attached to an aromatic ring is 1. The molecule has 1 heterocycles. The van der Waals surface area contributed by atoms with Gasteiger partial charge in [-0.2, -0.15) is 0 Å². The third-order valence-corrected chi connectivity index (χ3v) is 5.39. The maximum atomic E-state index is 11.0. The molecule has 9 heteroatoms. The zero-order chi connectivity index (χ0) is 15.4. The van der Waals surface area contributed by atoms with Crippen LogP contribution >= 0.6 is 23.5 Å². The molecule has 0 bridgehead atoms. The van der Waals surface area contributed by atoms with E-state index < -0.39 is 12.0 Å². The van der Waals surface area contributed by atoms with Gasteiger partial charge in [-0.05, 0) is 0 Å². The van der Waals surface area contributed by atoms with Gasteiger partial charge in [-0.3, -0.25) is 0 Å². The number of benzene rings is 1. The monoisotopic (exact) mass is 319 g/mol. The standard InChI is InChI=1S/C12H15B2N3O2S2/c1-6(11-16-9(5-20-11)12(18)19)21-10-4-7(17-14-13)2-3-8(10)15/h2-4,9,11,16H,1,5,13,15H2,(H,18,19)/t9-,11+/m1/s1. The van der Waals surface area contributed by atoms with Gasteiger partial charge in [0.1, 0.15) is 0 Å². The van der Waals surface area contributed by atoms with Crippen LogP contribution in [0, 0.1) is 0 Å². The summed E-state index contributed by atoms with van der Waals surface area (Å²) in [5, 5.41) is 11.9. The van der Waals surface area contributed by atoms with Crippen LogP contribution in [0.25, 0.3) is 0 Å². The van der Waals surface area contributed by atoms with Gasteiger partial charge < -0.3 is 0 Å². The molecule has 0 aliphatic carbocycles. The first-order valence-corrected chi connectivity index (χ1v) is 8.23. The number of thioether (sulfide) groups is 2. The predicted molar refractivity (Wildman–Crippen MR) is 93.0 cm³/mol. The Morgan fingerprint density at radius 3 is 3.05 bits per heavy atom. The molecule has 1 aliphatic rings. The van der Waals surface area contributed by atoms with Gasteiger partial charge in [-0.15, -0.1) is 0 Å². The number of nitrogens with zero attached hydrogens (tertiary/aromatic N) is 1. The van der Waals surface area contributed by atoms with Crippen LogP contribution < -0.4 is 11.1 Å². The van der Waals surface area contributed by atoms with Crippen molar-refractivity contribution in [3.8, 4) is 0 Å². The van der Waals surface area contributed by atoms with Gasteiger partial charge in [-0.1, -0.05) is 0 Å². The van der Waals surface area contributed by atoms with E-state index in [0.29, 0.717) is 11.4 Å². The Bertz CT molecular complexity index is 598. The van der Waals surface area contributed by atoms with E-state index in [1.165, 1.54) is 11.8 Å². The van der Waals surface area contributed by atoms with Crippen LogP contribution in [-0.4, -0.2) is 42.9 Å². The molecule has 2 rings (SSSR count). The number of nitrogens with one attached hydrogen (secondary N) is 1. The summed E-state index contributed by atoms with van der Waals surface area (Å²) >= 11 is 3.00. The summed E-state index contributed by atoms with van der Waals surface area (Å²) in [4.78, 5) is 16.9. The summed E-state index contributed by atoms with van der Waals surface area (Å²) in [5.41, 5.74) is 7.47. The Labute approximate surface area is 133 Å². The Hall–Kier alpha value is -1.18. The normalized spacial score (nSPS) is 21.3. The first-order chi connectivity index (χ1) is 10.0. The van der Waals surface area contributed by atoms with E-state index in [9.17, 15) is 4.79 Å². The SMILES string of the molecule is BB=Nc1ccc(N)c(SC(=C)[C@H]2N[C@@H](C(=O)O)CS2)c1. The molecule has 5 nitrogen and oxygen atoms in total. The second-order valence-electron chi connectivity index (χ2n) is 4.45. The fourth-order valence-electron chi connectivity index (χ4n) is 1.84. The molecule has 4 N–H and O–H groups in total. The van der Waals surface area contributed by atoms with Gasteiger partial charge in [-0.25, -0.2) is 0 Å². The second-order valence-corrected chi connectivity index (χ2v) is 6.76. The van der Waals surface area contributed by atoms with E-state index in [-0.39, 0.29) is 5.37 Å². The van der Waals surface area contributed by atoms with E-state index in [0.717, 1.165) is 15.5 Å². The molecule has 1 saturated heterocycles. The number of rotatable bonds is 5. The summed E-state index contributed by atoms with van der Waals surface area (Å²) in [6, 6.07) is 5.04. The molecule has 1 aromatic carbocycles. The molecular formula is C12H15B2N3O2S2. The topological polar surface area (TPSA) is 87.7 Å². The van der Waals surface area contributed by atoms with Crippen LogP contribution in [0.3, 0.4) is 0 Å². The fourth-order valence-corrected chi connectivity index (χ4v) is 4.08. The molecule has 1 aliphatic heterocycles. The summed E-state index contributed by atoms with van der Waals surface area (Å²) < 4.78 is 0. The van der Waals surface area contributed by atoms with Crippen LogP contribution in [0.1, 0.15) is 0 Å². The zero-order valence-corrected chi connectivity index (χ0v) is 13.2. The fraction of sp³-hybridized carbons (Fsp3) is 0.250. The van der Waals surface area contributed by atoms with Crippen molar-refractivity contribution in [2.24, 2.45) is 4.90 Å². The van der Waals surface area contributed by atoms with Crippen molar-refractivity contribution < 1.29 is 9.90 Å². The summed E-state index contributed by atoms with van der Waals surface area (Å²) in [6.07, 6.45) is 0. The van der Waals surface area contributed by atoms with Crippen molar-refractivity contribution in [1.82, 2.24) is 5.32 Å². The second kappa shape index (κ2) is 7.20. The number of carboxylic acids is 1. The van der Waals surface area contributed by atoms with Crippen molar-refractivity contribution in [1.29, 1.82) is 0 Å². The van der Waals surface area contributed by atoms with Gasteiger partial charge in [0.05, 0.1) is 0 Å². The average Bonchev–Trinajstić information content (AvgIpc) is 2.93. The summed E-state index contributed by atoms with van der Waals surface area (Å²) in [7, 11) is 1.85. The molecule has 0 spiro atoms. The third-order valence-electron chi connectivity index (χ3n) is 2.89. The number of nitrogens with two attached hydrogens (primary N) is 1. The van der Waals surface area contributed by atoms with Crippen molar-refractivity contribution in [2.45, 2.75) is 16.3 Å². The van der Waals surface area contributed by atoms with Gasteiger partial charge in [0.2, 0.25) is 0 Å². The molecule has 21 heavy (non-hydrogen) atoms. The molecule has 1 fully saturated rings. The maximum absolute atomic E-state index is 11.0. The molecular weight excluding hydrogens is 304 g/mol. The van der Waals surface area contributed by atoms with Crippen LogP contribution in [0.15, 0.2) is 39.5 Å².